The van der Waals surface area contributed by atoms with Crippen LogP contribution in [-0.2, 0) is 11.4 Å². The van der Waals surface area contributed by atoms with Crippen molar-refractivity contribution in [2.24, 2.45) is 0 Å². The van der Waals surface area contributed by atoms with Gasteiger partial charge in [0.15, 0.2) is 0 Å². The first kappa shape index (κ1) is 11.9. The molecular formula is C9H11ClN2O3. The second-order valence-electron chi connectivity index (χ2n) is 2.79. The van der Waals surface area contributed by atoms with Crippen molar-refractivity contribution in [3.63, 3.8) is 0 Å². The summed E-state index contributed by atoms with van der Waals surface area (Å²) in [6.45, 7) is 2.82. The lowest BCUT2D eigenvalue weighted by atomic mass is 10.2. The highest BCUT2D eigenvalue weighted by molar-refractivity contribution is 6.31. The molecule has 1 aromatic carbocycles. The molecular weight excluding hydrogens is 220 g/mol. The van der Waals surface area contributed by atoms with Gasteiger partial charge in [-0.15, -0.1) is 0 Å². The van der Waals surface area contributed by atoms with Gasteiger partial charge >= 0.3 is 0 Å². The Bertz CT molecular complexity index is 357. The zero-order valence-electron chi connectivity index (χ0n) is 8.20. The van der Waals surface area contributed by atoms with Crippen LogP contribution >= 0.6 is 11.6 Å². The number of hydroxylamine groups is 1. The second kappa shape index (κ2) is 5.65. The van der Waals surface area contributed by atoms with Crippen molar-refractivity contribution in [1.29, 1.82) is 0 Å². The lowest BCUT2D eigenvalue weighted by Gasteiger charge is -2.05. The Hall–Kier alpha value is -1.17. The average molecular weight is 231 g/mol. The minimum atomic E-state index is -0.481. The smallest absolute Gasteiger partial charge is 0.270 e. The molecule has 0 atom stereocenters. The van der Waals surface area contributed by atoms with Crippen molar-refractivity contribution < 1.29 is 9.76 Å². The molecule has 5 nitrogen and oxygen atoms in total. The fourth-order valence-electron chi connectivity index (χ4n) is 1.02. The molecule has 15 heavy (non-hydrogen) atoms. The Morgan fingerprint density at radius 2 is 2.33 bits per heavy atom. The minimum absolute atomic E-state index is 0.0137. The summed E-state index contributed by atoms with van der Waals surface area (Å²) < 4.78 is 0. The van der Waals surface area contributed by atoms with Crippen LogP contribution in [0.15, 0.2) is 18.2 Å². The Balaban J connectivity index is 2.70. The summed E-state index contributed by atoms with van der Waals surface area (Å²) in [6, 6.07) is 4.34. The Labute approximate surface area is 92.1 Å². The van der Waals surface area contributed by atoms with Crippen LogP contribution in [0.1, 0.15) is 12.5 Å². The summed E-state index contributed by atoms with van der Waals surface area (Å²) in [5.74, 6) is 0. The van der Waals surface area contributed by atoms with Crippen LogP contribution in [0, 0.1) is 10.1 Å². The molecule has 0 bridgehead atoms. The monoisotopic (exact) mass is 230 g/mol. The van der Waals surface area contributed by atoms with Gasteiger partial charge in [-0.1, -0.05) is 11.6 Å². The van der Waals surface area contributed by atoms with E-state index < -0.39 is 4.92 Å². The number of hydrogen-bond donors (Lipinski definition) is 1. The summed E-state index contributed by atoms with van der Waals surface area (Å²) in [6.07, 6.45) is 0. The first-order valence-corrected chi connectivity index (χ1v) is 4.80. The van der Waals surface area contributed by atoms with Gasteiger partial charge in [0.1, 0.15) is 0 Å². The Kier molecular flexibility index (Phi) is 4.48. The van der Waals surface area contributed by atoms with E-state index in [1.807, 2.05) is 6.92 Å². The molecule has 1 N–H and O–H groups in total. The molecule has 0 amide bonds. The van der Waals surface area contributed by atoms with Gasteiger partial charge in [-0.3, -0.25) is 10.1 Å². The first-order chi connectivity index (χ1) is 7.15. The molecule has 0 aromatic heterocycles. The van der Waals surface area contributed by atoms with E-state index in [4.69, 9.17) is 16.4 Å². The van der Waals surface area contributed by atoms with Gasteiger partial charge in [0, 0.05) is 18.7 Å². The van der Waals surface area contributed by atoms with E-state index in [0.717, 1.165) is 5.56 Å². The second-order valence-corrected chi connectivity index (χ2v) is 3.19. The maximum absolute atomic E-state index is 10.4. The van der Waals surface area contributed by atoms with E-state index in [1.54, 1.807) is 6.07 Å². The molecule has 0 fully saturated rings. The normalized spacial score (nSPS) is 10.3. The van der Waals surface area contributed by atoms with Crippen LogP contribution in [0.3, 0.4) is 0 Å². The van der Waals surface area contributed by atoms with Gasteiger partial charge < -0.3 is 4.84 Å². The quantitative estimate of drug-likeness (QED) is 0.479. The van der Waals surface area contributed by atoms with E-state index in [9.17, 15) is 10.1 Å². The zero-order valence-corrected chi connectivity index (χ0v) is 8.95. The molecule has 1 aromatic rings. The lowest BCUT2D eigenvalue weighted by Crippen LogP contribution is -2.13. The summed E-state index contributed by atoms with van der Waals surface area (Å²) >= 11 is 5.85. The summed E-state index contributed by atoms with van der Waals surface area (Å²) in [7, 11) is 0. The highest BCUT2D eigenvalue weighted by Crippen LogP contribution is 2.22. The number of nitro groups is 1. The predicted octanol–water partition coefficient (Wildman–Crippen LogP) is 2.29. The molecule has 0 saturated carbocycles. The van der Waals surface area contributed by atoms with Crippen LogP contribution < -0.4 is 5.48 Å². The van der Waals surface area contributed by atoms with E-state index in [1.165, 1.54) is 12.1 Å². The SMILES string of the molecule is CCONCc1ccc([N+](=O)[O-])cc1Cl. The van der Waals surface area contributed by atoms with Crippen LogP contribution in [-0.4, -0.2) is 11.5 Å². The fraction of sp³-hybridized carbons (Fsp3) is 0.333. The van der Waals surface area contributed by atoms with Gasteiger partial charge in [-0.2, -0.15) is 5.48 Å². The van der Waals surface area contributed by atoms with E-state index in [0.29, 0.717) is 18.2 Å². The molecule has 0 saturated heterocycles. The van der Waals surface area contributed by atoms with Gasteiger partial charge in [-0.05, 0) is 18.6 Å². The molecule has 6 heteroatoms. The third-order valence-corrected chi connectivity index (χ3v) is 2.11. The standard InChI is InChI=1S/C9H11ClN2O3/c1-2-15-11-6-7-3-4-8(12(13)14)5-9(7)10/h3-5,11H,2,6H2,1H3. The summed E-state index contributed by atoms with van der Waals surface area (Å²) in [5, 5.41) is 10.8. The van der Waals surface area contributed by atoms with E-state index in [-0.39, 0.29) is 5.69 Å². The number of nitro benzene ring substituents is 1. The van der Waals surface area contributed by atoms with Gasteiger partial charge in [0.25, 0.3) is 5.69 Å². The number of nitrogens with zero attached hydrogens (tertiary/aromatic N) is 1. The van der Waals surface area contributed by atoms with Crippen LogP contribution in [0.2, 0.25) is 5.02 Å². The van der Waals surface area contributed by atoms with Crippen molar-refractivity contribution in [2.75, 3.05) is 6.61 Å². The van der Waals surface area contributed by atoms with Crippen molar-refractivity contribution in [3.8, 4) is 0 Å². The van der Waals surface area contributed by atoms with Gasteiger partial charge in [-0.25, -0.2) is 0 Å². The Morgan fingerprint density at radius 1 is 1.60 bits per heavy atom. The van der Waals surface area contributed by atoms with Crippen molar-refractivity contribution >= 4 is 17.3 Å². The number of halogens is 1. The number of rotatable bonds is 5. The van der Waals surface area contributed by atoms with Crippen LogP contribution in [0.4, 0.5) is 5.69 Å². The highest BCUT2D eigenvalue weighted by Gasteiger charge is 2.08. The fourth-order valence-corrected chi connectivity index (χ4v) is 1.27. The average Bonchev–Trinajstić information content (AvgIpc) is 2.20. The molecule has 1 rings (SSSR count). The molecule has 82 valence electrons. The number of nitrogens with one attached hydrogen (secondary N) is 1. The Morgan fingerprint density at radius 3 is 2.87 bits per heavy atom. The molecule has 0 aliphatic rings. The maximum Gasteiger partial charge on any atom is 0.270 e. The third-order valence-electron chi connectivity index (χ3n) is 1.76. The third kappa shape index (κ3) is 3.47. The molecule has 0 unspecified atom stereocenters. The maximum atomic E-state index is 10.4. The molecule has 0 heterocycles. The minimum Gasteiger partial charge on any atom is -0.302 e. The lowest BCUT2D eigenvalue weighted by molar-refractivity contribution is -0.384. The van der Waals surface area contributed by atoms with Crippen LogP contribution in [0.5, 0.6) is 0 Å². The van der Waals surface area contributed by atoms with Crippen molar-refractivity contribution in [2.45, 2.75) is 13.5 Å². The molecule has 0 aliphatic carbocycles. The topological polar surface area (TPSA) is 64.4 Å². The number of hydrogen-bond acceptors (Lipinski definition) is 4. The molecule has 0 aliphatic heterocycles. The van der Waals surface area contributed by atoms with Gasteiger partial charge in [0.2, 0.25) is 0 Å². The predicted molar refractivity (Wildman–Crippen MR) is 56.6 cm³/mol. The van der Waals surface area contributed by atoms with Crippen molar-refractivity contribution in [1.82, 2.24) is 5.48 Å². The number of benzene rings is 1. The van der Waals surface area contributed by atoms with Crippen LogP contribution in [0.25, 0.3) is 0 Å². The molecule has 0 radical (unpaired) electrons. The summed E-state index contributed by atoms with van der Waals surface area (Å²) in [5.41, 5.74) is 3.43. The first-order valence-electron chi connectivity index (χ1n) is 4.42. The van der Waals surface area contributed by atoms with Gasteiger partial charge in [0.05, 0.1) is 16.6 Å². The largest absolute Gasteiger partial charge is 0.302 e. The zero-order chi connectivity index (χ0) is 11.3. The highest BCUT2D eigenvalue weighted by atomic mass is 35.5. The van der Waals surface area contributed by atoms with E-state index in [2.05, 4.69) is 5.48 Å². The summed E-state index contributed by atoms with van der Waals surface area (Å²) in [4.78, 5) is 14.9. The van der Waals surface area contributed by atoms with Crippen molar-refractivity contribution in [3.05, 3.63) is 38.9 Å². The number of non-ortho nitro benzene ring substituents is 1. The molecule has 0 spiro atoms. The van der Waals surface area contributed by atoms with E-state index >= 15 is 0 Å².